The van der Waals surface area contributed by atoms with Crippen LogP contribution in [-0.2, 0) is 12.8 Å². The Morgan fingerprint density at radius 3 is 2.92 bits per heavy atom. The summed E-state index contributed by atoms with van der Waals surface area (Å²) in [4.78, 5) is 4.43. The van der Waals surface area contributed by atoms with E-state index in [-0.39, 0.29) is 0 Å². The average Bonchev–Trinajstić information content (AvgIpc) is 2.46. The zero-order valence-electron chi connectivity index (χ0n) is 8.01. The summed E-state index contributed by atoms with van der Waals surface area (Å²) in [5.41, 5.74) is 0. The van der Waals surface area contributed by atoms with Crippen molar-refractivity contribution in [1.29, 1.82) is 0 Å². The normalized spacial score (nSPS) is 17.3. The molecule has 2 heterocycles. The molecule has 1 saturated heterocycles. The highest BCUT2D eigenvalue weighted by atomic mass is 15.2. The van der Waals surface area contributed by atoms with E-state index in [2.05, 4.69) is 27.4 Å². The maximum absolute atomic E-state index is 4.43. The van der Waals surface area contributed by atoms with Gasteiger partial charge in [0.05, 0.1) is 0 Å². The predicted molar refractivity (Wildman–Crippen MR) is 50.4 cm³/mol. The van der Waals surface area contributed by atoms with Gasteiger partial charge in [0.2, 0.25) is 0 Å². The molecule has 0 atom stereocenters. The maximum Gasteiger partial charge on any atom is 0.150 e. The van der Waals surface area contributed by atoms with Gasteiger partial charge in [-0.2, -0.15) is 5.10 Å². The van der Waals surface area contributed by atoms with Crippen LogP contribution in [-0.4, -0.2) is 28.3 Å². The van der Waals surface area contributed by atoms with E-state index in [9.17, 15) is 0 Å². The van der Waals surface area contributed by atoms with Crippen molar-refractivity contribution in [1.82, 2.24) is 20.5 Å². The van der Waals surface area contributed by atoms with Gasteiger partial charge in [-0.25, -0.2) is 4.98 Å². The number of aryl methyl sites for hydroxylation is 1. The van der Waals surface area contributed by atoms with Crippen molar-refractivity contribution < 1.29 is 0 Å². The minimum Gasteiger partial charge on any atom is -0.316 e. The summed E-state index contributed by atoms with van der Waals surface area (Å²) in [6.45, 7) is 4.40. The van der Waals surface area contributed by atoms with E-state index in [4.69, 9.17) is 0 Å². The van der Waals surface area contributed by atoms with Crippen LogP contribution in [0.15, 0.2) is 0 Å². The van der Waals surface area contributed by atoms with Crippen LogP contribution in [0.5, 0.6) is 0 Å². The summed E-state index contributed by atoms with van der Waals surface area (Å²) in [5, 5.41) is 10.4. The summed E-state index contributed by atoms with van der Waals surface area (Å²) in [7, 11) is 0. The molecule has 2 N–H and O–H groups in total. The molecule has 1 aliphatic heterocycles. The Balaban J connectivity index is 1.88. The SMILES string of the molecule is CCCc1n[nH]c(CC2CNC2)n1. The summed E-state index contributed by atoms with van der Waals surface area (Å²) in [5.74, 6) is 2.78. The van der Waals surface area contributed by atoms with Gasteiger partial charge in [-0.05, 0) is 25.4 Å². The molecular formula is C9H16N4. The lowest BCUT2D eigenvalue weighted by Crippen LogP contribution is -2.43. The molecule has 1 aliphatic rings. The molecule has 4 heteroatoms. The summed E-state index contributed by atoms with van der Waals surface area (Å²) >= 11 is 0. The summed E-state index contributed by atoms with van der Waals surface area (Å²) in [6, 6.07) is 0. The fourth-order valence-electron chi connectivity index (χ4n) is 1.53. The first-order chi connectivity index (χ1) is 6.38. The van der Waals surface area contributed by atoms with Crippen LogP contribution < -0.4 is 5.32 Å². The number of rotatable bonds is 4. The number of aromatic amines is 1. The zero-order valence-corrected chi connectivity index (χ0v) is 8.01. The Hall–Kier alpha value is -0.900. The molecule has 0 bridgehead atoms. The fraction of sp³-hybridized carbons (Fsp3) is 0.778. The van der Waals surface area contributed by atoms with Gasteiger partial charge in [0.1, 0.15) is 5.82 Å². The largest absolute Gasteiger partial charge is 0.316 e. The summed E-state index contributed by atoms with van der Waals surface area (Å²) in [6.07, 6.45) is 3.14. The lowest BCUT2D eigenvalue weighted by atomic mass is 9.99. The Kier molecular flexibility index (Phi) is 2.59. The van der Waals surface area contributed by atoms with Crippen molar-refractivity contribution in [3.63, 3.8) is 0 Å². The molecule has 1 aromatic rings. The number of nitrogens with one attached hydrogen (secondary N) is 2. The Labute approximate surface area is 78.1 Å². The first kappa shape index (κ1) is 8.69. The van der Waals surface area contributed by atoms with Crippen molar-refractivity contribution in [2.24, 2.45) is 5.92 Å². The standard InChI is InChI=1S/C9H16N4/c1-2-3-8-11-9(13-12-8)4-7-5-10-6-7/h7,10H,2-6H2,1H3,(H,11,12,13). The van der Waals surface area contributed by atoms with Gasteiger partial charge in [0.25, 0.3) is 0 Å². The molecule has 0 aromatic carbocycles. The van der Waals surface area contributed by atoms with E-state index >= 15 is 0 Å². The topological polar surface area (TPSA) is 53.6 Å². The molecular weight excluding hydrogens is 164 g/mol. The third-order valence-corrected chi connectivity index (χ3v) is 2.40. The van der Waals surface area contributed by atoms with E-state index < -0.39 is 0 Å². The molecule has 0 amide bonds. The second-order valence-electron chi connectivity index (χ2n) is 3.68. The maximum atomic E-state index is 4.43. The first-order valence-corrected chi connectivity index (χ1v) is 4.99. The first-order valence-electron chi connectivity index (χ1n) is 4.99. The monoisotopic (exact) mass is 180 g/mol. The van der Waals surface area contributed by atoms with E-state index in [0.717, 1.165) is 49.9 Å². The van der Waals surface area contributed by atoms with Crippen molar-refractivity contribution in [3.05, 3.63) is 11.6 Å². The van der Waals surface area contributed by atoms with Crippen molar-refractivity contribution in [2.45, 2.75) is 26.2 Å². The third kappa shape index (κ3) is 2.06. The van der Waals surface area contributed by atoms with Gasteiger partial charge in [-0.15, -0.1) is 0 Å². The second kappa shape index (κ2) is 3.87. The molecule has 13 heavy (non-hydrogen) atoms. The molecule has 1 fully saturated rings. The quantitative estimate of drug-likeness (QED) is 0.710. The molecule has 2 rings (SSSR count). The molecule has 0 radical (unpaired) electrons. The molecule has 0 aliphatic carbocycles. The molecule has 72 valence electrons. The van der Waals surface area contributed by atoms with Gasteiger partial charge in [-0.1, -0.05) is 6.92 Å². The van der Waals surface area contributed by atoms with Crippen LogP contribution in [0.2, 0.25) is 0 Å². The Bertz CT molecular complexity index is 264. The molecule has 0 saturated carbocycles. The average molecular weight is 180 g/mol. The second-order valence-corrected chi connectivity index (χ2v) is 3.68. The van der Waals surface area contributed by atoms with Crippen LogP contribution in [0.4, 0.5) is 0 Å². The zero-order chi connectivity index (χ0) is 9.10. The summed E-state index contributed by atoms with van der Waals surface area (Å²) < 4.78 is 0. The Morgan fingerprint density at radius 2 is 2.31 bits per heavy atom. The van der Waals surface area contributed by atoms with Crippen LogP contribution in [0.3, 0.4) is 0 Å². The number of H-pyrrole nitrogens is 1. The smallest absolute Gasteiger partial charge is 0.150 e. The molecule has 0 unspecified atom stereocenters. The highest BCUT2D eigenvalue weighted by Crippen LogP contribution is 2.09. The number of nitrogens with zero attached hydrogens (tertiary/aromatic N) is 2. The molecule has 0 spiro atoms. The van der Waals surface area contributed by atoms with E-state index in [1.807, 2.05) is 0 Å². The van der Waals surface area contributed by atoms with Crippen LogP contribution in [0.1, 0.15) is 25.0 Å². The number of hydrogen-bond acceptors (Lipinski definition) is 3. The van der Waals surface area contributed by atoms with E-state index in [1.165, 1.54) is 0 Å². The highest BCUT2D eigenvalue weighted by molar-refractivity contribution is 4.94. The van der Waals surface area contributed by atoms with Gasteiger partial charge < -0.3 is 5.32 Å². The fourth-order valence-corrected chi connectivity index (χ4v) is 1.53. The van der Waals surface area contributed by atoms with Gasteiger partial charge in [-0.3, -0.25) is 5.10 Å². The third-order valence-electron chi connectivity index (χ3n) is 2.40. The minimum absolute atomic E-state index is 0.766. The lowest BCUT2D eigenvalue weighted by molar-refractivity contribution is 0.341. The van der Waals surface area contributed by atoms with Gasteiger partial charge in [0, 0.05) is 12.8 Å². The Morgan fingerprint density at radius 1 is 1.46 bits per heavy atom. The molecule has 1 aromatic heterocycles. The van der Waals surface area contributed by atoms with Gasteiger partial charge in [0.15, 0.2) is 5.82 Å². The van der Waals surface area contributed by atoms with Crippen molar-refractivity contribution in [2.75, 3.05) is 13.1 Å². The molecule has 4 nitrogen and oxygen atoms in total. The van der Waals surface area contributed by atoms with Crippen LogP contribution in [0, 0.1) is 5.92 Å². The lowest BCUT2D eigenvalue weighted by Gasteiger charge is -2.25. The van der Waals surface area contributed by atoms with Gasteiger partial charge >= 0.3 is 0 Å². The van der Waals surface area contributed by atoms with Crippen molar-refractivity contribution in [3.8, 4) is 0 Å². The number of aromatic nitrogens is 3. The minimum atomic E-state index is 0.766. The highest BCUT2D eigenvalue weighted by Gasteiger charge is 2.18. The van der Waals surface area contributed by atoms with Crippen molar-refractivity contribution >= 4 is 0 Å². The van der Waals surface area contributed by atoms with E-state index in [0.29, 0.717) is 0 Å². The number of hydrogen-bond donors (Lipinski definition) is 2. The van der Waals surface area contributed by atoms with E-state index in [1.54, 1.807) is 0 Å². The predicted octanol–water partition coefficient (Wildman–Crippen LogP) is 0.519. The van der Waals surface area contributed by atoms with Crippen LogP contribution >= 0.6 is 0 Å². The van der Waals surface area contributed by atoms with Crippen LogP contribution in [0.25, 0.3) is 0 Å².